The molecule has 34 nitrogen and oxygen atoms in total. The lowest BCUT2D eigenvalue weighted by molar-refractivity contribution is -0.255. The second-order valence-electron chi connectivity index (χ2n) is 29.8. The summed E-state index contributed by atoms with van der Waals surface area (Å²) < 4.78 is 6.13. The Balaban J connectivity index is 0.956. The minimum atomic E-state index is -1.58. The summed E-state index contributed by atoms with van der Waals surface area (Å²) in [6.45, 7) is 4.30. The number of carbonyl (C=O) groups excluding carboxylic acids is 11. The molecular weight excluding hydrogens is 1560 g/mol. The van der Waals surface area contributed by atoms with E-state index in [0.717, 1.165) is 0 Å². The molecule has 0 aliphatic carbocycles. The van der Waals surface area contributed by atoms with Crippen LogP contribution in [-0.4, -0.2) is 264 Å². The predicted molar refractivity (Wildman–Crippen MR) is 441 cm³/mol. The zero-order valence-electron chi connectivity index (χ0n) is 66.7. The molecule has 638 valence electrons. The molecule has 7 aromatic carbocycles. The number of unbranched alkanes of at least 4 members (excludes halogenated alkanes) is 2. The third-order valence-electron chi connectivity index (χ3n) is 21.4. The van der Waals surface area contributed by atoms with Crippen molar-refractivity contribution in [1.29, 1.82) is 0 Å². The van der Waals surface area contributed by atoms with Crippen LogP contribution < -0.4 is 73.4 Å². The van der Waals surface area contributed by atoms with Gasteiger partial charge < -0.3 is 98.4 Å². The number of aromatic carboxylic acids is 1. The summed E-state index contributed by atoms with van der Waals surface area (Å²) in [4.78, 5) is 174. The number of para-hydroxylation sites is 4. The first kappa shape index (κ1) is 88.4. The Morgan fingerprint density at radius 3 is 1.21 bits per heavy atom. The molecule has 12 rings (SSSR count). The Morgan fingerprint density at radius 2 is 0.802 bits per heavy atom. The van der Waals surface area contributed by atoms with Crippen LogP contribution in [0, 0.1) is 0 Å². The van der Waals surface area contributed by atoms with Crippen molar-refractivity contribution in [3.63, 3.8) is 0 Å². The first-order valence-corrected chi connectivity index (χ1v) is 40.2. The van der Waals surface area contributed by atoms with Crippen LogP contribution in [0.3, 0.4) is 0 Å². The lowest BCUT2D eigenvalue weighted by atomic mass is 9.88. The van der Waals surface area contributed by atoms with Crippen LogP contribution in [0.2, 0.25) is 0 Å². The number of ether oxygens (including phenoxy) is 1. The Bertz CT molecular complexity index is 5200. The fraction of sp³-hybridized carbons (Fsp3) is 0.356. The molecule has 0 saturated carbocycles. The van der Waals surface area contributed by atoms with Gasteiger partial charge in [-0.1, -0.05) is 49.0 Å². The van der Waals surface area contributed by atoms with E-state index >= 15 is 4.79 Å². The molecule has 0 radical (unpaired) electrons. The zero-order valence-corrected chi connectivity index (χ0v) is 66.7. The number of hydrogen-bond donors (Lipinski definition) is 16. The van der Waals surface area contributed by atoms with Crippen molar-refractivity contribution < 1.29 is 98.0 Å². The molecule has 7 aromatic rings. The molecule has 0 aromatic heterocycles. The van der Waals surface area contributed by atoms with Crippen LogP contribution in [0.25, 0.3) is 12.2 Å². The van der Waals surface area contributed by atoms with Crippen molar-refractivity contribution in [2.75, 3.05) is 131 Å². The fourth-order valence-corrected chi connectivity index (χ4v) is 14.9. The summed E-state index contributed by atoms with van der Waals surface area (Å²) in [5, 5.41) is 110. The molecule has 12 bridgehead atoms. The highest BCUT2D eigenvalue weighted by Crippen LogP contribution is 2.39. The van der Waals surface area contributed by atoms with E-state index in [2.05, 4.69) is 59.7 Å². The zero-order chi connectivity index (χ0) is 86.2. The summed E-state index contributed by atoms with van der Waals surface area (Å²) in [6.07, 6.45) is 1.45. The van der Waals surface area contributed by atoms with Crippen LogP contribution in [-0.2, 0) is 9.59 Å². The van der Waals surface area contributed by atoms with Crippen LogP contribution in [0.5, 0.6) is 40.2 Å². The van der Waals surface area contributed by atoms with Gasteiger partial charge in [-0.25, -0.2) is 0 Å². The van der Waals surface area contributed by atoms with E-state index in [0.29, 0.717) is 40.2 Å². The van der Waals surface area contributed by atoms with Gasteiger partial charge in [-0.3, -0.25) is 72.3 Å². The third kappa shape index (κ3) is 23.7. The van der Waals surface area contributed by atoms with Crippen LogP contribution in [0.15, 0.2) is 127 Å². The number of benzene rings is 7. The standard InChI is InChI=1S/C87H100N14O20/c1-52-23-26-58-69(47-52)121-70-49-56(102)25-28-59(70)73(58)57-27-24-53(48-68(57)87(119)120)78(110)89-30-5-3-12-55-51-101-42-36-95-82(114)63-16-7-14-61(75(63)107)80(112)91-32-38-99(40-34-93-84(116)65-18-9-20-67(77(65)109)86(118)97-55)44-43-98-37-31-90-79(111)60-13-6-15-62(74(60)106)81(113)94-35-41-100(45-46-101)50-54(11-2-4-29-88-71(103)21-10-22-72(104)105)96-85(117)66-19-8-17-64(76(66)108)83(115)92-33-39-98/h6-9,13-20,23-28,47-49,54-55,102,106-109H,1-5,10-12,21-22,29-46,50-51H2,(H,88,103)(H,89,110)(H,90,111)(H,91,112)(H,92,115)(H,93,116)(H,94,113)(H,95,114)(H,96,117)(H,97,118)(H,104,105)(H,119,120)/p-1. The lowest BCUT2D eigenvalue weighted by Crippen LogP contribution is -2.50. The minimum absolute atomic E-state index is 0.00988. The first-order valence-electron chi connectivity index (χ1n) is 40.2. The summed E-state index contributed by atoms with van der Waals surface area (Å²) in [7, 11) is 0. The molecule has 0 spiro atoms. The molecule has 0 fully saturated rings. The number of aromatic hydroxyl groups is 5. The highest BCUT2D eigenvalue weighted by molar-refractivity contribution is 6.07. The number of rotatable bonds is 17. The number of phenolic OH excluding ortho intramolecular Hbond substituents is 5. The average Bonchev–Trinajstić information content (AvgIpc) is 0.742. The number of hydrogen-bond acceptors (Lipinski definition) is 23. The third-order valence-corrected chi connectivity index (χ3v) is 21.4. The number of fused-ring (bicyclic) bond motifs is 18. The molecule has 6 unspecified atom stereocenters. The minimum Gasteiger partial charge on any atom is -0.545 e. The normalized spacial score (nSPS) is 19.5. The lowest BCUT2D eigenvalue weighted by Gasteiger charge is -2.33. The largest absolute Gasteiger partial charge is 0.545 e. The van der Waals surface area contributed by atoms with E-state index in [9.17, 15) is 83.4 Å². The molecule has 5 heterocycles. The molecule has 5 aliphatic rings. The molecule has 5 aliphatic heterocycles. The van der Waals surface area contributed by atoms with Gasteiger partial charge in [-0.15, -0.1) is 0 Å². The first-order chi connectivity index (χ1) is 58.3. The maximum atomic E-state index is 15.0. The summed E-state index contributed by atoms with van der Waals surface area (Å²) in [6, 6.07) is 28.5. The topological polar surface area (TPSA) is 492 Å². The van der Waals surface area contributed by atoms with Gasteiger partial charge in [0, 0.05) is 189 Å². The number of phenols is 5. The van der Waals surface area contributed by atoms with E-state index in [1.54, 1.807) is 24.3 Å². The van der Waals surface area contributed by atoms with Crippen molar-refractivity contribution in [2.24, 2.45) is 0 Å². The maximum absolute atomic E-state index is 15.0. The molecule has 34 heteroatoms. The number of amides is 10. The highest BCUT2D eigenvalue weighted by Gasteiger charge is 2.31. The number of aliphatic carboxylic acids is 1. The van der Waals surface area contributed by atoms with E-state index < -0.39 is 100 Å². The quantitative estimate of drug-likeness (QED) is 0.0573. The van der Waals surface area contributed by atoms with E-state index in [-0.39, 0.29) is 254 Å². The van der Waals surface area contributed by atoms with E-state index in [1.807, 2.05) is 19.6 Å². The average molecular weight is 1660 g/mol. The summed E-state index contributed by atoms with van der Waals surface area (Å²) in [5.41, 5.74) is -1.18. The Labute approximate surface area is 696 Å². The SMILES string of the molecule is C=c1ccc2c(c1)Oc1cc(O)ccc1C=2c1ccc(C(=O)NCCCCC2CN3CCNC(=O)c4cccc(c4O)C(=O)NCCN(CCNC(=O)c4cccc(c4O)C(=O)N2)CCN2CCNC(=O)c4cccc(c4O)C(=O)NCCN(CC3)CC(CCCCNC(=O)CCCC(=O)O)NC(=O)c3cccc(c3O)C(=O)NCC2)cc1C(=O)[O-]. The number of carboxylic acids is 2. The van der Waals surface area contributed by atoms with E-state index in [1.165, 1.54) is 103 Å². The van der Waals surface area contributed by atoms with Gasteiger partial charge in [0.2, 0.25) is 5.91 Å². The summed E-state index contributed by atoms with van der Waals surface area (Å²) in [5.74, 6) is -11.7. The van der Waals surface area contributed by atoms with Crippen LogP contribution >= 0.6 is 0 Å². The Hall–Kier alpha value is -13.4. The van der Waals surface area contributed by atoms with Crippen molar-refractivity contribution >= 4 is 83.2 Å². The predicted octanol–water partition coefficient (Wildman–Crippen LogP) is 1.41. The van der Waals surface area contributed by atoms with Crippen molar-refractivity contribution in [1.82, 2.24) is 72.8 Å². The van der Waals surface area contributed by atoms with Crippen molar-refractivity contribution in [2.45, 2.75) is 69.9 Å². The maximum Gasteiger partial charge on any atom is 0.303 e. The van der Waals surface area contributed by atoms with Gasteiger partial charge in [-0.05, 0) is 135 Å². The van der Waals surface area contributed by atoms with Crippen LogP contribution in [0.1, 0.15) is 172 Å². The van der Waals surface area contributed by atoms with Gasteiger partial charge >= 0.3 is 5.97 Å². The monoisotopic (exact) mass is 1660 g/mol. The Morgan fingerprint density at radius 1 is 0.413 bits per heavy atom. The molecule has 10 amide bonds. The van der Waals surface area contributed by atoms with Crippen molar-refractivity contribution in [3.05, 3.63) is 205 Å². The van der Waals surface area contributed by atoms with Gasteiger partial charge in [-0.2, -0.15) is 0 Å². The molecular formula is C87H99N14O20-. The summed E-state index contributed by atoms with van der Waals surface area (Å²) >= 11 is 0. The number of nitrogens with zero attached hydrogens (tertiary/aromatic N) is 4. The molecule has 6 atom stereocenters. The smallest absolute Gasteiger partial charge is 0.303 e. The number of nitrogens with one attached hydrogen (secondary N) is 10. The van der Waals surface area contributed by atoms with Gasteiger partial charge in [0.05, 0.1) is 50.5 Å². The van der Waals surface area contributed by atoms with Gasteiger partial charge in [0.1, 0.15) is 40.2 Å². The number of carbonyl (C=O) groups is 12. The second-order valence-corrected chi connectivity index (χ2v) is 29.8. The van der Waals surface area contributed by atoms with Crippen LogP contribution in [0.4, 0.5) is 0 Å². The second kappa shape index (κ2) is 42.3. The molecule has 0 saturated heterocycles. The van der Waals surface area contributed by atoms with E-state index in [4.69, 9.17) is 9.84 Å². The molecule has 16 N–H and O–H groups in total. The van der Waals surface area contributed by atoms with Crippen molar-refractivity contribution in [3.8, 4) is 40.2 Å². The molecule has 121 heavy (non-hydrogen) atoms. The number of carboxylic acid groups (broad SMARTS) is 2. The highest BCUT2D eigenvalue weighted by atomic mass is 16.5. The fourth-order valence-electron chi connectivity index (χ4n) is 14.9. The Kier molecular flexibility index (Phi) is 30.9. The van der Waals surface area contributed by atoms with Gasteiger partial charge in [0.15, 0.2) is 0 Å². The van der Waals surface area contributed by atoms with Gasteiger partial charge in [0.25, 0.3) is 53.2 Å².